The fourth-order valence-corrected chi connectivity index (χ4v) is 4.56. The fraction of sp³-hybridized carbons (Fsp3) is 0.278. The molecule has 0 amide bonds. The zero-order valence-corrected chi connectivity index (χ0v) is 15.0. The van der Waals surface area contributed by atoms with Gasteiger partial charge >= 0.3 is 0 Å². The van der Waals surface area contributed by atoms with E-state index in [9.17, 15) is 5.26 Å². The summed E-state index contributed by atoms with van der Waals surface area (Å²) in [6.45, 7) is 6.27. The van der Waals surface area contributed by atoms with Crippen LogP contribution in [-0.4, -0.2) is 15.2 Å². The minimum atomic E-state index is -0.157. The number of thiophene rings is 1. The quantitative estimate of drug-likeness (QED) is 0.504. The number of hydrogen-bond acceptors (Lipinski definition) is 5. The number of rotatable bonds is 4. The molecule has 0 unspecified atom stereocenters. The molecule has 0 bridgehead atoms. The van der Waals surface area contributed by atoms with Crippen molar-refractivity contribution in [1.82, 2.24) is 9.97 Å². The molecule has 0 radical (unpaired) electrons. The van der Waals surface area contributed by atoms with Crippen LogP contribution in [0.3, 0.4) is 0 Å². The molecule has 3 nitrogen and oxygen atoms in total. The second-order valence-corrected chi connectivity index (χ2v) is 7.96. The van der Waals surface area contributed by atoms with Crippen molar-refractivity contribution in [3.8, 4) is 6.07 Å². The van der Waals surface area contributed by atoms with E-state index in [-0.39, 0.29) is 5.25 Å². The van der Waals surface area contributed by atoms with E-state index in [1.54, 1.807) is 17.7 Å². The Hall–Kier alpha value is -1.90. The van der Waals surface area contributed by atoms with E-state index in [0.29, 0.717) is 0 Å². The SMILES string of the molecule is Cc1ccc(C[C@@H](C#N)Sc2ncnc3sc(C)c(C)c23)cc1. The summed E-state index contributed by atoms with van der Waals surface area (Å²) in [7, 11) is 0. The van der Waals surface area contributed by atoms with Gasteiger partial charge < -0.3 is 0 Å². The lowest BCUT2D eigenvalue weighted by atomic mass is 10.1. The van der Waals surface area contributed by atoms with Gasteiger partial charge in [-0.15, -0.1) is 11.3 Å². The number of aromatic nitrogens is 2. The summed E-state index contributed by atoms with van der Waals surface area (Å²) in [5.74, 6) is 0. The minimum absolute atomic E-state index is 0.157. The first-order valence-corrected chi connectivity index (χ1v) is 9.10. The third kappa shape index (κ3) is 3.39. The largest absolute Gasteiger partial charge is 0.229 e. The van der Waals surface area contributed by atoms with Crippen LogP contribution in [0.4, 0.5) is 0 Å². The summed E-state index contributed by atoms with van der Waals surface area (Å²) in [6, 6.07) is 10.8. The Kier molecular flexibility index (Phi) is 4.65. The van der Waals surface area contributed by atoms with Gasteiger partial charge in [0.2, 0.25) is 0 Å². The zero-order valence-electron chi connectivity index (χ0n) is 13.3. The number of fused-ring (bicyclic) bond motifs is 1. The molecule has 3 aromatic rings. The average molecular weight is 339 g/mol. The van der Waals surface area contributed by atoms with Gasteiger partial charge in [-0.05, 0) is 38.3 Å². The van der Waals surface area contributed by atoms with Crippen LogP contribution in [0.15, 0.2) is 35.6 Å². The van der Waals surface area contributed by atoms with E-state index in [4.69, 9.17) is 0 Å². The molecule has 0 saturated heterocycles. The molecule has 0 saturated carbocycles. The van der Waals surface area contributed by atoms with Gasteiger partial charge in [-0.3, -0.25) is 0 Å². The Morgan fingerprint density at radius 3 is 2.61 bits per heavy atom. The standard InChI is InChI=1S/C18H17N3S2/c1-11-4-6-14(7-5-11)8-15(9-19)23-18-16-12(2)13(3)22-17(16)20-10-21-18/h4-7,10,15H,8H2,1-3H3/t15-/m0/s1. The highest BCUT2D eigenvalue weighted by molar-refractivity contribution is 8.00. The topological polar surface area (TPSA) is 49.6 Å². The van der Waals surface area contributed by atoms with Crippen molar-refractivity contribution in [2.24, 2.45) is 0 Å². The summed E-state index contributed by atoms with van der Waals surface area (Å²) in [5, 5.41) is 11.4. The second-order valence-electron chi connectivity index (χ2n) is 5.57. The predicted octanol–water partition coefficient (Wildman–Crippen LogP) is 4.84. The Labute approximate surface area is 144 Å². The molecule has 0 spiro atoms. The van der Waals surface area contributed by atoms with Crippen LogP contribution < -0.4 is 0 Å². The minimum Gasteiger partial charge on any atom is -0.229 e. The van der Waals surface area contributed by atoms with E-state index in [1.165, 1.54) is 33.3 Å². The lowest BCUT2D eigenvalue weighted by Gasteiger charge is -2.10. The number of aryl methyl sites for hydroxylation is 3. The van der Waals surface area contributed by atoms with E-state index in [1.807, 2.05) is 0 Å². The van der Waals surface area contributed by atoms with Crippen LogP contribution in [0.5, 0.6) is 0 Å². The van der Waals surface area contributed by atoms with Crippen LogP contribution in [0.1, 0.15) is 21.6 Å². The van der Waals surface area contributed by atoms with Crippen LogP contribution >= 0.6 is 23.1 Å². The van der Waals surface area contributed by atoms with Crippen LogP contribution in [-0.2, 0) is 6.42 Å². The maximum Gasteiger partial charge on any atom is 0.128 e. The Bertz CT molecular complexity index is 876. The van der Waals surface area contributed by atoms with Crippen molar-refractivity contribution in [3.05, 3.63) is 52.2 Å². The number of thioether (sulfide) groups is 1. The highest BCUT2D eigenvalue weighted by atomic mass is 32.2. The van der Waals surface area contributed by atoms with E-state index in [2.05, 4.69) is 61.1 Å². The van der Waals surface area contributed by atoms with Crippen molar-refractivity contribution in [2.45, 2.75) is 37.5 Å². The molecular weight excluding hydrogens is 322 g/mol. The van der Waals surface area contributed by atoms with Gasteiger partial charge in [0.25, 0.3) is 0 Å². The Morgan fingerprint density at radius 2 is 1.91 bits per heavy atom. The molecule has 116 valence electrons. The van der Waals surface area contributed by atoms with Gasteiger partial charge in [0.1, 0.15) is 21.4 Å². The van der Waals surface area contributed by atoms with Gasteiger partial charge in [0.15, 0.2) is 0 Å². The maximum absolute atomic E-state index is 9.54. The van der Waals surface area contributed by atoms with Crippen LogP contribution in [0, 0.1) is 32.1 Å². The monoisotopic (exact) mass is 339 g/mol. The number of nitriles is 1. The van der Waals surface area contributed by atoms with Crippen molar-refractivity contribution in [2.75, 3.05) is 0 Å². The van der Waals surface area contributed by atoms with Crippen LogP contribution in [0.25, 0.3) is 10.2 Å². The predicted molar refractivity (Wildman–Crippen MR) is 97.0 cm³/mol. The normalized spacial score (nSPS) is 12.3. The molecule has 2 heterocycles. The lowest BCUT2D eigenvalue weighted by molar-refractivity contribution is 1.01. The molecule has 0 aliphatic carbocycles. The van der Waals surface area contributed by atoms with Crippen molar-refractivity contribution >= 4 is 33.3 Å². The second kappa shape index (κ2) is 6.69. The molecule has 1 aromatic carbocycles. The summed E-state index contributed by atoms with van der Waals surface area (Å²) in [5.41, 5.74) is 3.63. The molecule has 3 rings (SSSR count). The molecular formula is C18H17N3S2. The summed E-state index contributed by atoms with van der Waals surface area (Å²) in [6.07, 6.45) is 2.31. The third-order valence-electron chi connectivity index (χ3n) is 3.87. The molecule has 0 fully saturated rings. The molecule has 1 atom stereocenters. The molecule has 0 aliphatic heterocycles. The molecule has 0 N–H and O–H groups in total. The van der Waals surface area contributed by atoms with Gasteiger partial charge in [-0.2, -0.15) is 5.26 Å². The van der Waals surface area contributed by atoms with Gasteiger partial charge in [-0.1, -0.05) is 41.6 Å². The number of hydrogen-bond donors (Lipinski definition) is 0. The summed E-state index contributed by atoms with van der Waals surface area (Å²) in [4.78, 5) is 11.1. The van der Waals surface area contributed by atoms with Crippen molar-refractivity contribution < 1.29 is 0 Å². The Balaban J connectivity index is 1.87. The summed E-state index contributed by atoms with van der Waals surface area (Å²) >= 11 is 3.23. The summed E-state index contributed by atoms with van der Waals surface area (Å²) < 4.78 is 0. The molecule has 5 heteroatoms. The van der Waals surface area contributed by atoms with Crippen molar-refractivity contribution in [1.29, 1.82) is 5.26 Å². The van der Waals surface area contributed by atoms with E-state index >= 15 is 0 Å². The first-order chi connectivity index (χ1) is 11.1. The smallest absolute Gasteiger partial charge is 0.128 e. The first kappa shape index (κ1) is 16.0. The van der Waals surface area contributed by atoms with Crippen LogP contribution in [0.2, 0.25) is 0 Å². The average Bonchev–Trinajstić information content (AvgIpc) is 2.84. The number of benzene rings is 1. The highest BCUT2D eigenvalue weighted by Crippen LogP contribution is 2.36. The zero-order chi connectivity index (χ0) is 16.4. The molecule has 23 heavy (non-hydrogen) atoms. The van der Waals surface area contributed by atoms with Gasteiger partial charge in [0, 0.05) is 10.3 Å². The number of nitrogens with zero attached hydrogens (tertiary/aromatic N) is 3. The van der Waals surface area contributed by atoms with Gasteiger partial charge in [0.05, 0.1) is 6.07 Å². The molecule has 0 aliphatic rings. The maximum atomic E-state index is 9.54. The van der Waals surface area contributed by atoms with E-state index in [0.717, 1.165) is 21.7 Å². The Morgan fingerprint density at radius 1 is 1.17 bits per heavy atom. The van der Waals surface area contributed by atoms with Gasteiger partial charge in [-0.25, -0.2) is 9.97 Å². The first-order valence-electron chi connectivity index (χ1n) is 7.41. The van der Waals surface area contributed by atoms with Crippen molar-refractivity contribution in [3.63, 3.8) is 0 Å². The van der Waals surface area contributed by atoms with E-state index < -0.39 is 0 Å². The lowest BCUT2D eigenvalue weighted by Crippen LogP contribution is -2.04. The highest BCUT2D eigenvalue weighted by Gasteiger charge is 2.17. The molecule has 2 aromatic heterocycles. The fourth-order valence-electron chi connectivity index (χ4n) is 2.43. The third-order valence-corrected chi connectivity index (χ3v) is 6.07.